The predicted molar refractivity (Wildman–Crippen MR) is 84.7 cm³/mol. The summed E-state index contributed by atoms with van der Waals surface area (Å²) in [6, 6.07) is 16.2. The number of benzene rings is 2. The van der Waals surface area contributed by atoms with Crippen LogP contribution in [-0.4, -0.2) is 4.98 Å². The molecule has 0 unspecified atom stereocenters. The second kappa shape index (κ2) is 4.96. The van der Waals surface area contributed by atoms with Gasteiger partial charge in [-0.15, -0.1) is 0 Å². The zero-order valence-electron chi connectivity index (χ0n) is 12.4. The van der Waals surface area contributed by atoms with Crippen molar-refractivity contribution in [2.45, 2.75) is 26.2 Å². The smallest absolute Gasteiger partial charge is 0.123 e. The van der Waals surface area contributed by atoms with Crippen LogP contribution in [0.4, 0.5) is 4.39 Å². The van der Waals surface area contributed by atoms with Gasteiger partial charge in [-0.3, -0.25) is 4.98 Å². The maximum atomic E-state index is 13.5. The van der Waals surface area contributed by atoms with Crippen molar-refractivity contribution in [1.82, 2.24) is 4.98 Å². The summed E-state index contributed by atoms with van der Waals surface area (Å²) in [7, 11) is 0. The third-order valence-corrected chi connectivity index (χ3v) is 3.68. The zero-order valence-corrected chi connectivity index (χ0v) is 12.4. The third kappa shape index (κ3) is 2.66. The number of fused-ring (bicyclic) bond motifs is 1. The monoisotopic (exact) mass is 278 g/mol. The van der Waals surface area contributed by atoms with E-state index in [0.29, 0.717) is 0 Å². The highest BCUT2D eigenvalue weighted by Crippen LogP contribution is 2.30. The normalized spacial score (nSPS) is 11.8. The van der Waals surface area contributed by atoms with Crippen LogP contribution in [0.1, 0.15) is 26.3 Å². The summed E-state index contributed by atoms with van der Waals surface area (Å²) in [4.78, 5) is 4.24. The van der Waals surface area contributed by atoms with Crippen molar-refractivity contribution in [3.8, 4) is 11.1 Å². The average Bonchev–Trinajstić information content (AvgIpc) is 2.46. The first-order chi connectivity index (χ1) is 9.95. The average molecular weight is 278 g/mol. The van der Waals surface area contributed by atoms with Gasteiger partial charge in [0.1, 0.15) is 5.82 Å². The lowest BCUT2D eigenvalue weighted by Crippen LogP contribution is -2.10. The van der Waals surface area contributed by atoms with Gasteiger partial charge in [-0.25, -0.2) is 4.39 Å². The molecule has 3 aromatic rings. The van der Waals surface area contributed by atoms with Gasteiger partial charge in [0, 0.05) is 23.2 Å². The number of pyridine rings is 1. The van der Waals surface area contributed by atoms with Gasteiger partial charge >= 0.3 is 0 Å². The standard InChI is InChI=1S/C19H17FN/c1-19(2,3)14-6-4-13(5-7-14)16-10-11-21-18-9-8-15(20)12-17(16)18/h4-9,11-12H,1-3H3. The van der Waals surface area contributed by atoms with Crippen molar-refractivity contribution >= 4 is 10.9 Å². The van der Waals surface area contributed by atoms with Crippen LogP contribution in [-0.2, 0) is 5.41 Å². The Balaban J connectivity index is 2.14. The fourth-order valence-corrected chi connectivity index (χ4v) is 2.44. The van der Waals surface area contributed by atoms with E-state index < -0.39 is 0 Å². The minimum atomic E-state index is -0.253. The summed E-state index contributed by atoms with van der Waals surface area (Å²) in [5.74, 6) is -0.253. The van der Waals surface area contributed by atoms with Crippen molar-refractivity contribution in [3.05, 3.63) is 66.1 Å². The van der Waals surface area contributed by atoms with Crippen molar-refractivity contribution in [1.29, 1.82) is 0 Å². The molecule has 0 amide bonds. The van der Waals surface area contributed by atoms with Gasteiger partial charge in [-0.05, 0) is 34.7 Å². The lowest BCUT2D eigenvalue weighted by Gasteiger charge is -2.19. The molecule has 0 N–H and O–H groups in total. The van der Waals surface area contributed by atoms with E-state index in [1.807, 2.05) is 0 Å². The Morgan fingerprint density at radius 2 is 1.71 bits per heavy atom. The first-order valence-electron chi connectivity index (χ1n) is 7.02. The molecule has 2 heteroatoms. The maximum Gasteiger partial charge on any atom is 0.123 e. The molecule has 0 atom stereocenters. The van der Waals surface area contributed by atoms with Gasteiger partial charge in [0.2, 0.25) is 0 Å². The molecular weight excluding hydrogens is 261 g/mol. The molecule has 21 heavy (non-hydrogen) atoms. The van der Waals surface area contributed by atoms with E-state index in [4.69, 9.17) is 0 Å². The quantitative estimate of drug-likeness (QED) is 0.600. The van der Waals surface area contributed by atoms with E-state index in [0.717, 1.165) is 22.0 Å². The van der Waals surface area contributed by atoms with Gasteiger partial charge in [0.15, 0.2) is 0 Å². The molecule has 0 saturated heterocycles. The van der Waals surface area contributed by atoms with E-state index in [2.05, 4.69) is 56.1 Å². The van der Waals surface area contributed by atoms with E-state index in [-0.39, 0.29) is 11.2 Å². The summed E-state index contributed by atoms with van der Waals surface area (Å²) in [5, 5.41) is 0.793. The Labute approximate surface area is 124 Å². The minimum absolute atomic E-state index is 0.120. The molecule has 0 fully saturated rings. The first kappa shape index (κ1) is 13.7. The molecule has 0 saturated carbocycles. The fraction of sp³-hybridized carbons (Fsp3) is 0.211. The number of aromatic nitrogens is 1. The highest BCUT2D eigenvalue weighted by Gasteiger charge is 2.13. The molecule has 1 heterocycles. The molecule has 0 aliphatic carbocycles. The lowest BCUT2D eigenvalue weighted by molar-refractivity contribution is 0.590. The lowest BCUT2D eigenvalue weighted by atomic mass is 9.86. The van der Waals surface area contributed by atoms with Crippen LogP contribution >= 0.6 is 0 Å². The first-order valence-corrected chi connectivity index (χ1v) is 7.02. The molecule has 1 nitrogen and oxygen atoms in total. The highest BCUT2D eigenvalue weighted by atomic mass is 19.1. The van der Waals surface area contributed by atoms with Crippen molar-refractivity contribution in [3.63, 3.8) is 0 Å². The molecule has 0 aliphatic heterocycles. The Morgan fingerprint density at radius 1 is 1.00 bits per heavy atom. The number of nitrogens with zero attached hydrogens (tertiary/aromatic N) is 1. The van der Waals surface area contributed by atoms with Crippen LogP contribution in [0.3, 0.4) is 0 Å². The number of halogens is 1. The van der Waals surface area contributed by atoms with Crippen LogP contribution in [0.2, 0.25) is 0 Å². The second-order valence-corrected chi connectivity index (χ2v) is 6.27. The Hall–Kier alpha value is -2.22. The molecule has 0 spiro atoms. The fourth-order valence-electron chi connectivity index (χ4n) is 2.44. The van der Waals surface area contributed by atoms with Crippen molar-refractivity contribution in [2.24, 2.45) is 0 Å². The molecule has 3 rings (SSSR count). The molecule has 2 aromatic carbocycles. The van der Waals surface area contributed by atoms with Gasteiger partial charge < -0.3 is 0 Å². The van der Waals surface area contributed by atoms with Crippen molar-refractivity contribution in [2.75, 3.05) is 0 Å². The molecule has 105 valence electrons. The largest absolute Gasteiger partial charge is 0.256 e. The summed E-state index contributed by atoms with van der Waals surface area (Å²) in [6.07, 6.45) is 1.65. The zero-order chi connectivity index (χ0) is 15.0. The number of hydrogen-bond donors (Lipinski definition) is 0. The van der Waals surface area contributed by atoms with Crippen molar-refractivity contribution < 1.29 is 4.39 Å². The Bertz CT molecular complexity index is 783. The Morgan fingerprint density at radius 3 is 2.38 bits per heavy atom. The number of rotatable bonds is 1. The minimum Gasteiger partial charge on any atom is -0.256 e. The summed E-state index contributed by atoms with van der Waals surface area (Å²) in [6.45, 7) is 6.56. The molecule has 1 aromatic heterocycles. The summed E-state index contributed by atoms with van der Waals surface area (Å²) >= 11 is 0. The summed E-state index contributed by atoms with van der Waals surface area (Å²) in [5.41, 5.74) is 4.09. The summed E-state index contributed by atoms with van der Waals surface area (Å²) < 4.78 is 13.5. The van der Waals surface area contributed by atoms with Crippen LogP contribution < -0.4 is 0 Å². The van der Waals surface area contributed by atoms with Crippen LogP contribution in [0.25, 0.3) is 22.0 Å². The molecule has 1 radical (unpaired) electrons. The van der Waals surface area contributed by atoms with Gasteiger partial charge in [-0.2, -0.15) is 0 Å². The third-order valence-electron chi connectivity index (χ3n) is 3.68. The van der Waals surface area contributed by atoms with Crippen LogP contribution in [0.15, 0.2) is 48.7 Å². The topological polar surface area (TPSA) is 12.9 Å². The van der Waals surface area contributed by atoms with Crippen LogP contribution in [0, 0.1) is 11.9 Å². The Kier molecular flexibility index (Phi) is 3.25. The van der Waals surface area contributed by atoms with Gasteiger partial charge in [-0.1, -0.05) is 45.0 Å². The molecule has 0 aliphatic rings. The van der Waals surface area contributed by atoms with E-state index >= 15 is 0 Å². The van der Waals surface area contributed by atoms with Crippen LogP contribution in [0.5, 0.6) is 0 Å². The van der Waals surface area contributed by atoms with Gasteiger partial charge in [0.25, 0.3) is 0 Å². The highest BCUT2D eigenvalue weighted by molar-refractivity contribution is 5.93. The molecular formula is C19H17FN. The predicted octanol–water partition coefficient (Wildman–Crippen LogP) is 5.14. The molecule has 0 bridgehead atoms. The second-order valence-electron chi connectivity index (χ2n) is 6.27. The van der Waals surface area contributed by atoms with E-state index in [1.54, 1.807) is 12.3 Å². The van der Waals surface area contributed by atoms with E-state index in [9.17, 15) is 4.39 Å². The maximum absolute atomic E-state index is 13.5. The van der Waals surface area contributed by atoms with Gasteiger partial charge in [0.05, 0.1) is 5.52 Å². The number of hydrogen-bond acceptors (Lipinski definition) is 1. The SMILES string of the molecule is CC(C)(C)c1ccc(-c2[c]cnc3ccc(F)cc23)cc1. The van der Waals surface area contributed by atoms with E-state index in [1.165, 1.54) is 17.7 Å².